The van der Waals surface area contributed by atoms with Crippen LogP contribution in [0.25, 0.3) is 0 Å². The number of rotatable bonds is 6. The molecule has 2 aliphatic heterocycles. The lowest BCUT2D eigenvalue weighted by atomic mass is 9.89. The van der Waals surface area contributed by atoms with Gasteiger partial charge in [-0.05, 0) is 49.3 Å². The maximum absolute atomic E-state index is 12.5. The molecule has 0 radical (unpaired) electrons. The van der Waals surface area contributed by atoms with Crippen molar-refractivity contribution in [1.82, 2.24) is 9.97 Å². The number of aliphatic hydroxyl groups excluding tert-OH is 1. The van der Waals surface area contributed by atoms with Gasteiger partial charge in [0.1, 0.15) is 16.5 Å². The topological polar surface area (TPSA) is 87.6 Å². The zero-order valence-corrected chi connectivity index (χ0v) is 18.1. The molecule has 1 saturated heterocycles. The quantitative estimate of drug-likeness (QED) is 0.731. The number of fused-ring (bicyclic) bond motifs is 1. The highest BCUT2D eigenvalue weighted by atomic mass is 32.2. The number of hydrogen-bond acceptors (Lipinski definition) is 7. The molecule has 0 amide bonds. The summed E-state index contributed by atoms with van der Waals surface area (Å²) in [5, 5.41) is 13.1. The molecule has 0 bridgehead atoms. The highest BCUT2D eigenvalue weighted by Crippen LogP contribution is 2.41. The first-order valence-corrected chi connectivity index (χ1v) is 12.0. The lowest BCUT2D eigenvalue weighted by Crippen LogP contribution is -2.35. The van der Waals surface area contributed by atoms with Crippen molar-refractivity contribution in [1.29, 1.82) is 0 Å². The number of hydrogen-bond donors (Lipinski definition) is 2. The second-order valence-corrected chi connectivity index (χ2v) is 10.1. The molecule has 1 atom stereocenters. The second-order valence-electron chi connectivity index (χ2n) is 8.55. The van der Waals surface area contributed by atoms with Gasteiger partial charge in [0, 0.05) is 25.3 Å². The van der Waals surface area contributed by atoms with Gasteiger partial charge >= 0.3 is 0 Å². The predicted molar refractivity (Wildman–Crippen MR) is 117 cm³/mol. The summed E-state index contributed by atoms with van der Waals surface area (Å²) in [6.45, 7) is 1.85. The van der Waals surface area contributed by atoms with Crippen molar-refractivity contribution < 1.29 is 14.1 Å². The molecule has 3 aliphatic rings. The summed E-state index contributed by atoms with van der Waals surface area (Å²) in [4.78, 5) is 12.6. The van der Waals surface area contributed by atoms with Crippen molar-refractivity contribution in [3.8, 4) is 5.75 Å². The van der Waals surface area contributed by atoms with E-state index in [-0.39, 0.29) is 12.1 Å². The molecule has 1 aromatic carbocycles. The Labute approximate surface area is 179 Å². The summed E-state index contributed by atoms with van der Waals surface area (Å²) in [5.41, 5.74) is 1.95. The lowest BCUT2D eigenvalue weighted by molar-refractivity contribution is 0.265. The number of anilines is 2. The number of nitrogens with zero attached hydrogens (tertiary/aromatic N) is 3. The molecule has 3 heterocycles. The summed E-state index contributed by atoms with van der Waals surface area (Å²) < 4.78 is 17.8. The third-order valence-electron chi connectivity index (χ3n) is 6.58. The lowest BCUT2D eigenvalue weighted by Gasteiger charge is -2.33. The van der Waals surface area contributed by atoms with Gasteiger partial charge in [-0.2, -0.15) is 4.98 Å². The minimum Gasteiger partial charge on any atom is -0.497 e. The SMILES string of the molecule is COc1ccc(C2CCN(c3nc4c(c(NC5(CO)CC5)n3)S(=O)CC4)CC2)cc1. The molecule has 2 aromatic rings. The van der Waals surface area contributed by atoms with Gasteiger partial charge in [-0.15, -0.1) is 0 Å². The first kappa shape index (κ1) is 19.8. The molecule has 0 spiro atoms. The largest absolute Gasteiger partial charge is 0.497 e. The number of aromatic nitrogens is 2. The maximum atomic E-state index is 12.5. The van der Waals surface area contributed by atoms with Crippen LogP contribution in [0.4, 0.5) is 11.8 Å². The minimum atomic E-state index is -1.06. The van der Waals surface area contributed by atoms with Crippen molar-refractivity contribution >= 4 is 22.6 Å². The van der Waals surface area contributed by atoms with Gasteiger partial charge in [0.05, 0.1) is 35.7 Å². The van der Waals surface area contributed by atoms with E-state index < -0.39 is 10.8 Å². The average Bonchev–Trinajstić information content (AvgIpc) is 3.47. The van der Waals surface area contributed by atoms with Gasteiger partial charge in [0.25, 0.3) is 0 Å². The molecule has 1 unspecified atom stereocenters. The molecule has 7 nitrogen and oxygen atoms in total. The van der Waals surface area contributed by atoms with Crippen LogP contribution >= 0.6 is 0 Å². The van der Waals surface area contributed by atoms with E-state index in [1.54, 1.807) is 7.11 Å². The number of ether oxygens (including phenoxy) is 1. The zero-order valence-electron chi connectivity index (χ0n) is 17.3. The molecular formula is C22H28N4O3S. The van der Waals surface area contributed by atoms with Gasteiger partial charge < -0.3 is 20.1 Å². The highest BCUT2D eigenvalue weighted by Gasteiger charge is 2.44. The molecule has 5 rings (SSSR count). The van der Waals surface area contributed by atoms with Crippen LogP contribution in [0, 0.1) is 0 Å². The van der Waals surface area contributed by atoms with E-state index >= 15 is 0 Å². The van der Waals surface area contributed by atoms with Crippen molar-refractivity contribution in [3.05, 3.63) is 35.5 Å². The Morgan fingerprint density at radius 3 is 2.60 bits per heavy atom. The van der Waals surface area contributed by atoms with Crippen LogP contribution in [-0.4, -0.2) is 57.4 Å². The van der Waals surface area contributed by atoms with E-state index in [4.69, 9.17) is 14.7 Å². The van der Waals surface area contributed by atoms with Crippen LogP contribution in [0.2, 0.25) is 0 Å². The third-order valence-corrected chi connectivity index (χ3v) is 8.04. The first-order chi connectivity index (χ1) is 14.6. The Morgan fingerprint density at radius 1 is 1.23 bits per heavy atom. The molecule has 2 N–H and O–H groups in total. The molecular weight excluding hydrogens is 400 g/mol. The van der Waals surface area contributed by atoms with Crippen LogP contribution in [0.3, 0.4) is 0 Å². The normalized spacial score (nSPS) is 22.6. The Kier molecular flexibility index (Phi) is 5.14. The van der Waals surface area contributed by atoms with Crippen molar-refractivity contribution in [3.63, 3.8) is 0 Å². The smallest absolute Gasteiger partial charge is 0.227 e. The number of methoxy groups -OCH3 is 1. The van der Waals surface area contributed by atoms with Crippen LogP contribution in [0.1, 0.15) is 42.9 Å². The summed E-state index contributed by atoms with van der Waals surface area (Å²) in [6, 6.07) is 8.37. The van der Waals surface area contributed by atoms with Crippen LogP contribution in [0.15, 0.2) is 29.2 Å². The van der Waals surface area contributed by atoms with E-state index in [1.807, 2.05) is 12.1 Å². The van der Waals surface area contributed by atoms with Gasteiger partial charge in [0.2, 0.25) is 5.95 Å². The Morgan fingerprint density at radius 2 is 1.97 bits per heavy atom. The molecule has 2 fully saturated rings. The second kappa shape index (κ2) is 7.81. The summed E-state index contributed by atoms with van der Waals surface area (Å²) in [7, 11) is 0.626. The Balaban J connectivity index is 1.34. The monoisotopic (exact) mass is 428 g/mol. The summed E-state index contributed by atoms with van der Waals surface area (Å²) in [5.74, 6) is 3.40. The van der Waals surface area contributed by atoms with Gasteiger partial charge in [-0.3, -0.25) is 4.21 Å². The van der Waals surface area contributed by atoms with Gasteiger partial charge in [-0.25, -0.2) is 4.98 Å². The fourth-order valence-corrected chi connectivity index (χ4v) is 5.73. The van der Waals surface area contributed by atoms with E-state index in [0.29, 0.717) is 17.5 Å². The van der Waals surface area contributed by atoms with E-state index in [0.717, 1.165) is 67.5 Å². The number of aliphatic hydroxyl groups is 1. The standard InChI is InChI=1S/C22H28N4O3S/c1-29-17-4-2-15(3-5-17)16-6-11-26(12-7-16)21-23-18-8-13-30(28)19(18)20(24-21)25-22(14-27)9-10-22/h2-5,16,27H,6-14H2,1H3,(H,23,24,25). The number of benzene rings is 1. The number of nitrogens with one attached hydrogen (secondary N) is 1. The number of aryl methyl sites for hydroxylation is 1. The molecule has 30 heavy (non-hydrogen) atoms. The molecule has 1 aliphatic carbocycles. The highest BCUT2D eigenvalue weighted by molar-refractivity contribution is 7.85. The van der Waals surface area contributed by atoms with Gasteiger partial charge in [-0.1, -0.05) is 12.1 Å². The van der Waals surface area contributed by atoms with Crippen molar-refractivity contribution in [2.75, 3.05) is 42.8 Å². The van der Waals surface area contributed by atoms with E-state index in [2.05, 4.69) is 22.3 Å². The van der Waals surface area contributed by atoms with Gasteiger partial charge in [0.15, 0.2) is 0 Å². The van der Waals surface area contributed by atoms with Crippen molar-refractivity contribution in [2.24, 2.45) is 0 Å². The third kappa shape index (κ3) is 3.67. The first-order valence-electron chi connectivity index (χ1n) is 10.7. The summed E-state index contributed by atoms with van der Waals surface area (Å²) in [6.07, 6.45) is 4.64. The van der Waals surface area contributed by atoms with Crippen LogP contribution in [0.5, 0.6) is 5.75 Å². The van der Waals surface area contributed by atoms with Crippen LogP contribution in [-0.2, 0) is 17.2 Å². The average molecular weight is 429 g/mol. The van der Waals surface area contributed by atoms with E-state index in [9.17, 15) is 9.32 Å². The fraction of sp³-hybridized carbons (Fsp3) is 0.545. The number of piperidine rings is 1. The van der Waals surface area contributed by atoms with E-state index in [1.165, 1.54) is 5.56 Å². The minimum absolute atomic E-state index is 0.0704. The Hall–Kier alpha value is -2.19. The maximum Gasteiger partial charge on any atom is 0.227 e. The molecule has 8 heteroatoms. The predicted octanol–water partition coefficient (Wildman–Crippen LogP) is 2.47. The molecule has 1 aromatic heterocycles. The van der Waals surface area contributed by atoms with Crippen molar-refractivity contribution in [2.45, 2.75) is 48.5 Å². The molecule has 1 saturated carbocycles. The fourth-order valence-electron chi connectivity index (χ4n) is 4.42. The van der Waals surface area contributed by atoms with Crippen LogP contribution < -0.4 is 15.0 Å². The zero-order chi connectivity index (χ0) is 20.7. The molecule has 160 valence electrons. The Bertz CT molecular complexity index is 954. The summed E-state index contributed by atoms with van der Waals surface area (Å²) >= 11 is 0.